The lowest BCUT2D eigenvalue weighted by Crippen LogP contribution is -2.57. The van der Waals surface area contributed by atoms with Crippen LogP contribution in [0.25, 0.3) is 0 Å². The number of esters is 1. The van der Waals surface area contributed by atoms with E-state index in [1.807, 2.05) is 0 Å². The predicted molar refractivity (Wildman–Crippen MR) is 124 cm³/mol. The van der Waals surface area contributed by atoms with Crippen LogP contribution in [0, 0.1) is 0 Å². The van der Waals surface area contributed by atoms with Gasteiger partial charge in [0.25, 0.3) is 5.91 Å². The van der Waals surface area contributed by atoms with Gasteiger partial charge in [-0.2, -0.15) is 0 Å². The van der Waals surface area contributed by atoms with Crippen LogP contribution in [0.3, 0.4) is 0 Å². The van der Waals surface area contributed by atoms with Gasteiger partial charge in [0.1, 0.15) is 11.8 Å². The lowest BCUT2D eigenvalue weighted by molar-refractivity contribution is -0.147. The summed E-state index contributed by atoms with van der Waals surface area (Å²) in [5.41, 5.74) is 0.469. The summed E-state index contributed by atoms with van der Waals surface area (Å²) in [6.45, 7) is 5.99. The molecule has 2 rings (SSSR count). The van der Waals surface area contributed by atoms with E-state index in [0.29, 0.717) is 31.9 Å². The standard InChI is InChI=1S/C25H38N2O5/c1-3-5-7-8-10-17-31-21-13-11-20(12-14-21)25(30)27-16-15-26-24(29)22(27)19-23(28)32-18-9-6-4-2/h11-14,22H,3-10,15-19H2,1-2H3,(H,26,29). The Kier molecular flexibility index (Phi) is 11.6. The molecule has 1 aromatic rings. The Morgan fingerprint density at radius 1 is 0.969 bits per heavy atom. The first-order valence-electron chi connectivity index (χ1n) is 12.0. The first-order valence-corrected chi connectivity index (χ1v) is 12.0. The van der Waals surface area contributed by atoms with Crippen LogP contribution in [0.4, 0.5) is 0 Å². The second kappa shape index (κ2) is 14.5. The van der Waals surface area contributed by atoms with Crippen molar-refractivity contribution in [1.29, 1.82) is 0 Å². The van der Waals surface area contributed by atoms with Gasteiger partial charge in [0, 0.05) is 18.7 Å². The molecule has 178 valence electrons. The normalized spacial score (nSPS) is 15.9. The minimum Gasteiger partial charge on any atom is -0.494 e. The van der Waals surface area contributed by atoms with Crippen molar-refractivity contribution < 1.29 is 23.9 Å². The van der Waals surface area contributed by atoms with E-state index in [9.17, 15) is 14.4 Å². The number of rotatable bonds is 14. The third-order valence-corrected chi connectivity index (χ3v) is 5.58. The number of amides is 2. The minimum atomic E-state index is -0.853. The van der Waals surface area contributed by atoms with Gasteiger partial charge in [0.15, 0.2) is 0 Å². The molecule has 1 aliphatic heterocycles. The molecule has 0 saturated carbocycles. The zero-order valence-electron chi connectivity index (χ0n) is 19.6. The number of nitrogens with one attached hydrogen (secondary N) is 1. The average molecular weight is 447 g/mol. The Bertz CT molecular complexity index is 720. The molecule has 0 bridgehead atoms. The summed E-state index contributed by atoms with van der Waals surface area (Å²) in [5.74, 6) is -0.322. The first kappa shape index (κ1) is 25.7. The van der Waals surface area contributed by atoms with E-state index in [0.717, 1.165) is 37.9 Å². The molecule has 32 heavy (non-hydrogen) atoms. The van der Waals surface area contributed by atoms with Crippen molar-refractivity contribution in [3.05, 3.63) is 29.8 Å². The number of benzene rings is 1. The smallest absolute Gasteiger partial charge is 0.308 e. The minimum absolute atomic E-state index is 0.136. The lowest BCUT2D eigenvalue weighted by atomic mass is 10.1. The van der Waals surface area contributed by atoms with Gasteiger partial charge in [-0.15, -0.1) is 0 Å². The van der Waals surface area contributed by atoms with Crippen LogP contribution in [-0.4, -0.2) is 55.0 Å². The van der Waals surface area contributed by atoms with Gasteiger partial charge in [-0.3, -0.25) is 14.4 Å². The summed E-state index contributed by atoms with van der Waals surface area (Å²) < 4.78 is 11.0. The number of hydrogen-bond acceptors (Lipinski definition) is 5. The number of carbonyl (C=O) groups excluding carboxylic acids is 3. The number of ether oxygens (including phenoxy) is 2. The number of nitrogens with zero attached hydrogens (tertiary/aromatic N) is 1. The van der Waals surface area contributed by atoms with Gasteiger partial charge in [0.2, 0.25) is 5.91 Å². The van der Waals surface area contributed by atoms with Crippen molar-refractivity contribution in [2.75, 3.05) is 26.3 Å². The van der Waals surface area contributed by atoms with Crippen LogP contribution in [0.5, 0.6) is 5.75 Å². The highest BCUT2D eigenvalue weighted by Gasteiger charge is 2.35. The van der Waals surface area contributed by atoms with E-state index in [-0.39, 0.29) is 18.2 Å². The van der Waals surface area contributed by atoms with E-state index in [1.54, 1.807) is 24.3 Å². The SMILES string of the molecule is CCCCCCCOc1ccc(C(=O)N2CCNC(=O)C2CC(=O)OCCCCC)cc1. The highest BCUT2D eigenvalue weighted by molar-refractivity contribution is 5.99. The van der Waals surface area contributed by atoms with E-state index >= 15 is 0 Å². The average Bonchev–Trinajstić information content (AvgIpc) is 2.80. The molecule has 0 radical (unpaired) electrons. The quantitative estimate of drug-likeness (QED) is 0.344. The molecule has 1 aromatic carbocycles. The van der Waals surface area contributed by atoms with Crippen LogP contribution in [-0.2, 0) is 14.3 Å². The fourth-order valence-electron chi connectivity index (χ4n) is 3.67. The Labute approximate surface area is 191 Å². The molecule has 1 heterocycles. The van der Waals surface area contributed by atoms with Gasteiger partial charge in [0.05, 0.1) is 19.6 Å². The van der Waals surface area contributed by atoms with Gasteiger partial charge >= 0.3 is 5.97 Å². The lowest BCUT2D eigenvalue weighted by Gasteiger charge is -2.34. The molecule has 1 unspecified atom stereocenters. The number of piperazine rings is 1. The zero-order valence-corrected chi connectivity index (χ0v) is 19.6. The van der Waals surface area contributed by atoms with Crippen LogP contribution in [0.2, 0.25) is 0 Å². The highest BCUT2D eigenvalue weighted by Crippen LogP contribution is 2.18. The molecule has 7 heteroatoms. The Hall–Kier alpha value is -2.57. The Balaban J connectivity index is 1.89. The van der Waals surface area contributed by atoms with E-state index in [1.165, 1.54) is 24.2 Å². The molecule has 0 aromatic heterocycles. The van der Waals surface area contributed by atoms with Crippen molar-refractivity contribution in [3.8, 4) is 5.75 Å². The van der Waals surface area contributed by atoms with Gasteiger partial charge in [-0.1, -0.05) is 52.4 Å². The van der Waals surface area contributed by atoms with Crippen LogP contribution >= 0.6 is 0 Å². The van der Waals surface area contributed by atoms with Crippen molar-refractivity contribution >= 4 is 17.8 Å². The molecular formula is C25H38N2O5. The molecule has 0 aliphatic carbocycles. The van der Waals surface area contributed by atoms with Crippen LogP contribution in [0.15, 0.2) is 24.3 Å². The van der Waals surface area contributed by atoms with Crippen molar-refractivity contribution in [1.82, 2.24) is 10.2 Å². The fourth-order valence-corrected chi connectivity index (χ4v) is 3.67. The zero-order chi connectivity index (χ0) is 23.2. The van der Waals surface area contributed by atoms with E-state index in [2.05, 4.69) is 19.2 Å². The van der Waals surface area contributed by atoms with E-state index in [4.69, 9.17) is 9.47 Å². The van der Waals surface area contributed by atoms with Crippen molar-refractivity contribution in [2.24, 2.45) is 0 Å². The topological polar surface area (TPSA) is 84.9 Å². The summed E-state index contributed by atoms with van der Waals surface area (Å²) in [6.07, 6.45) is 8.55. The molecule has 1 N–H and O–H groups in total. The second-order valence-electron chi connectivity index (χ2n) is 8.22. The molecule has 1 fully saturated rings. The highest BCUT2D eigenvalue weighted by atomic mass is 16.5. The molecule has 7 nitrogen and oxygen atoms in total. The summed E-state index contributed by atoms with van der Waals surface area (Å²) in [5, 5.41) is 2.74. The maximum Gasteiger partial charge on any atom is 0.308 e. The fraction of sp³-hybridized carbons (Fsp3) is 0.640. The number of unbranched alkanes of at least 4 members (excludes halogenated alkanes) is 6. The predicted octanol–water partition coefficient (Wildman–Crippen LogP) is 4.10. The molecule has 1 aliphatic rings. The molecule has 0 spiro atoms. The maximum atomic E-state index is 13.1. The van der Waals surface area contributed by atoms with Crippen molar-refractivity contribution in [3.63, 3.8) is 0 Å². The number of hydrogen-bond donors (Lipinski definition) is 1. The number of carbonyl (C=O) groups is 3. The monoisotopic (exact) mass is 446 g/mol. The second-order valence-corrected chi connectivity index (χ2v) is 8.22. The van der Waals surface area contributed by atoms with Crippen LogP contribution < -0.4 is 10.1 Å². The van der Waals surface area contributed by atoms with Gasteiger partial charge < -0.3 is 19.7 Å². The maximum absolute atomic E-state index is 13.1. The Morgan fingerprint density at radius 2 is 1.62 bits per heavy atom. The third-order valence-electron chi connectivity index (χ3n) is 5.58. The van der Waals surface area contributed by atoms with Crippen LogP contribution in [0.1, 0.15) is 82.0 Å². The van der Waals surface area contributed by atoms with Gasteiger partial charge in [-0.05, 0) is 37.1 Å². The largest absolute Gasteiger partial charge is 0.494 e. The molecule has 1 atom stereocenters. The molecule has 2 amide bonds. The summed E-state index contributed by atoms with van der Waals surface area (Å²) in [6, 6.07) is 6.12. The van der Waals surface area contributed by atoms with Gasteiger partial charge in [-0.25, -0.2) is 0 Å². The summed E-state index contributed by atoms with van der Waals surface area (Å²) in [7, 11) is 0. The third kappa shape index (κ3) is 8.52. The van der Waals surface area contributed by atoms with E-state index < -0.39 is 12.0 Å². The summed E-state index contributed by atoms with van der Waals surface area (Å²) >= 11 is 0. The van der Waals surface area contributed by atoms with Crippen molar-refractivity contribution in [2.45, 2.75) is 77.7 Å². The summed E-state index contributed by atoms with van der Waals surface area (Å²) in [4.78, 5) is 39.1. The Morgan fingerprint density at radius 3 is 2.34 bits per heavy atom. The molecule has 1 saturated heterocycles. The molecular weight excluding hydrogens is 408 g/mol. The first-order chi connectivity index (χ1) is 15.6.